The van der Waals surface area contributed by atoms with Gasteiger partial charge in [0.2, 0.25) is 0 Å². The van der Waals surface area contributed by atoms with E-state index in [4.69, 9.17) is 0 Å². The number of benzene rings is 6. The van der Waals surface area contributed by atoms with Crippen molar-refractivity contribution in [3.8, 4) is 17.1 Å². The van der Waals surface area contributed by atoms with Crippen LogP contribution in [0, 0.1) is 0 Å². The Labute approximate surface area is 236 Å². The van der Waals surface area contributed by atoms with Crippen molar-refractivity contribution in [2.75, 3.05) is 0 Å². The summed E-state index contributed by atoms with van der Waals surface area (Å²) in [5, 5.41) is 6.27. The monoisotopic (exact) mass is 523 g/mol. The molecular weight excluding hydrogens is 498 g/mol. The lowest BCUT2D eigenvalue weighted by Crippen LogP contribution is -1.99. The van der Waals surface area contributed by atoms with E-state index in [9.17, 15) is 0 Å². The van der Waals surface area contributed by atoms with Gasteiger partial charge in [0.15, 0.2) is 0 Å². The summed E-state index contributed by atoms with van der Waals surface area (Å²) in [6.45, 7) is 0. The predicted octanol–water partition coefficient (Wildman–Crippen LogP) is 9.82. The maximum Gasteiger partial charge on any atom is 0.0792 e. The van der Waals surface area contributed by atoms with E-state index in [-0.39, 0.29) is 0 Å². The summed E-state index contributed by atoms with van der Waals surface area (Å²) in [6.07, 6.45) is 2.32. The van der Waals surface area contributed by atoms with Gasteiger partial charge in [-0.3, -0.25) is 0 Å². The third kappa shape index (κ3) is 3.09. The number of hydrogen-bond acceptors (Lipinski definition) is 0. The van der Waals surface area contributed by atoms with Crippen molar-refractivity contribution >= 4 is 54.5 Å². The van der Waals surface area contributed by atoms with Gasteiger partial charge in [-0.25, -0.2) is 0 Å². The van der Waals surface area contributed by atoms with Gasteiger partial charge >= 0.3 is 0 Å². The lowest BCUT2D eigenvalue weighted by Gasteiger charge is -2.13. The first-order chi connectivity index (χ1) is 20.4. The molecule has 3 heterocycles. The molecule has 0 saturated carbocycles. The Hall–Kier alpha value is -5.54. The molecule has 192 valence electrons. The van der Waals surface area contributed by atoms with Crippen LogP contribution in [0.5, 0.6) is 0 Å². The first-order valence-corrected chi connectivity index (χ1v) is 14.0. The molecule has 3 aromatic heterocycles. The van der Waals surface area contributed by atoms with Crippen molar-refractivity contribution in [1.82, 2.24) is 13.7 Å². The summed E-state index contributed by atoms with van der Waals surface area (Å²) in [4.78, 5) is 0. The Balaban J connectivity index is 1.47. The Morgan fingerprint density at radius 1 is 0.317 bits per heavy atom. The summed E-state index contributed by atoms with van der Waals surface area (Å²) < 4.78 is 7.23. The molecule has 0 amide bonds. The van der Waals surface area contributed by atoms with Gasteiger partial charge in [0, 0.05) is 38.8 Å². The third-order valence-electron chi connectivity index (χ3n) is 8.46. The summed E-state index contributed by atoms with van der Waals surface area (Å²) in [5.74, 6) is 0. The van der Waals surface area contributed by atoms with E-state index < -0.39 is 0 Å². The molecule has 0 aliphatic rings. The summed E-state index contributed by atoms with van der Waals surface area (Å²) in [7, 11) is 0. The molecule has 3 heteroatoms. The van der Waals surface area contributed by atoms with Crippen molar-refractivity contribution in [3.05, 3.63) is 152 Å². The molecule has 9 aromatic rings. The first-order valence-electron chi connectivity index (χ1n) is 14.0. The Morgan fingerprint density at radius 3 is 1.24 bits per heavy atom. The molecule has 9 rings (SSSR count). The van der Waals surface area contributed by atoms with E-state index in [0.717, 1.165) is 11.4 Å². The van der Waals surface area contributed by atoms with E-state index in [0.29, 0.717) is 0 Å². The molecule has 0 saturated heterocycles. The van der Waals surface area contributed by atoms with E-state index in [1.54, 1.807) is 0 Å². The van der Waals surface area contributed by atoms with Crippen molar-refractivity contribution in [1.29, 1.82) is 0 Å². The van der Waals surface area contributed by atoms with E-state index in [2.05, 4.69) is 165 Å². The van der Waals surface area contributed by atoms with E-state index >= 15 is 0 Å². The van der Waals surface area contributed by atoms with E-state index in [1.807, 2.05) is 0 Å². The zero-order valence-corrected chi connectivity index (χ0v) is 22.3. The second-order valence-corrected chi connectivity index (χ2v) is 10.6. The zero-order chi connectivity index (χ0) is 26.9. The molecule has 0 radical (unpaired) electrons. The Kier molecular flexibility index (Phi) is 4.61. The highest BCUT2D eigenvalue weighted by molar-refractivity contribution is 6.13. The van der Waals surface area contributed by atoms with Crippen LogP contribution in [0.4, 0.5) is 0 Å². The van der Waals surface area contributed by atoms with Gasteiger partial charge in [-0.15, -0.1) is 0 Å². The average Bonchev–Trinajstić information content (AvgIpc) is 3.69. The normalized spacial score (nSPS) is 11.9. The largest absolute Gasteiger partial charge is 0.312 e. The van der Waals surface area contributed by atoms with Crippen LogP contribution in [0.25, 0.3) is 71.6 Å². The van der Waals surface area contributed by atoms with Gasteiger partial charge in [0.1, 0.15) is 0 Å². The van der Waals surface area contributed by atoms with Crippen LogP contribution in [-0.2, 0) is 0 Å². The molecule has 0 atom stereocenters. The zero-order valence-electron chi connectivity index (χ0n) is 22.3. The summed E-state index contributed by atoms with van der Waals surface area (Å²) in [6, 6.07) is 52.4. The molecule has 0 aliphatic carbocycles. The minimum atomic E-state index is 1.14. The minimum Gasteiger partial charge on any atom is -0.312 e. The fraction of sp³-hybridized carbons (Fsp3) is 0. The number of aromatic nitrogens is 3. The van der Waals surface area contributed by atoms with Crippen molar-refractivity contribution in [2.45, 2.75) is 0 Å². The van der Waals surface area contributed by atoms with Crippen LogP contribution >= 0.6 is 0 Å². The predicted molar refractivity (Wildman–Crippen MR) is 172 cm³/mol. The van der Waals surface area contributed by atoms with Crippen LogP contribution in [-0.4, -0.2) is 13.7 Å². The molecule has 41 heavy (non-hydrogen) atoms. The highest BCUT2D eigenvalue weighted by atomic mass is 15.1. The molecule has 0 aliphatic heterocycles. The highest BCUT2D eigenvalue weighted by Gasteiger charge is 2.21. The second-order valence-electron chi connectivity index (χ2n) is 10.6. The highest BCUT2D eigenvalue weighted by Crippen LogP contribution is 2.40. The third-order valence-corrected chi connectivity index (χ3v) is 8.46. The van der Waals surface area contributed by atoms with Gasteiger partial charge in [-0.2, -0.15) is 0 Å². The van der Waals surface area contributed by atoms with Crippen LogP contribution in [0.2, 0.25) is 0 Å². The minimum absolute atomic E-state index is 1.14. The first kappa shape index (κ1) is 22.3. The molecule has 0 bridgehead atoms. The van der Waals surface area contributed by atoms with Crippen LogP contribution in [0.3, 0.4) is 0 Å². The molecule has 3 nitrogen and oxygen atoms in total. The van der Waals surface area contributed by atoms with E-state index in [1.165, 1.54) is 60.2 Å². The molecule has 6 aromatic carbocycles. The molecular formula is C38H25N3. The molecule has 0 unspecified atom stereocenters. The lowest BCUT2D eigenvalue weighted by atomic mass is 10.2. The lowest BCUT2D eigenvalue weighted by molar-refractivity contribution is 1.08. The maximum atomic E-state index is 2.43. The summed E-state index contributed by atoms with van der Waals surface area (Å²) >= 11 is 0. The quantitative estimate of drug-likeness (QED) is 0.219. The van der Waals surface area contributed by atoms with Gasteiger partial charge in [-0.05, 0) is 42.5 Å². The van der Waals surface area contributed by atoms with Crippen molar-refractivity contribution in [3.63, 3.8) is 0 Å². The van der Waals surface area contributed by atoms with Gasteiger partial charge in [-0.1, -0.05) is 103 Å². The van der Waals surface area contributed by atoms with Crippen molar-refractivity contribution < 1.29 is 0 Å². The van der Waals surface area contributed by atoms with Crippen molar-refractivity contribution in [2.24, 2.45) is 0 Å². The number of rotatable bonds is 3. The van der Waals surface area contributed by atoms with Crippen LogP contribution in [0.15, 0.2) is 152 Å². The van der Waals surface area contributed by atoms with Gasteiger partial charge < -0.3 is 13.7 Å². The fourth-order valence-electron chi connectivity index (χ4n) is 6.76. The fourth-order valence-corrected chi connectivity index (χ4v) is 6.76. The SMILES string of the molecule is c1ccc(-n2cc(-n3c4ccccc4c4ccccc43)c3cccc(-n4c5ccccc5c5ccccc54)c32)cc1. The number of nitrogens with zero attached hydrogens (tertiary/aromatic N) is 3. The summed E-state index contributed by atoms with van der Waals surface area (Å²) in [5.41, 5.74) is 9.49. The number of hydrogen-bond donors (Lipinski definition) is 0. The molecule has 0 fully saturated rings. The second kappa shape index (κ2) is 8.48. The van der Waals surface area contributed by atoms with Gasteiger partial charge in [0.05, 0.1) is 39.0 Å². The standard InChI is InChI=1S/C38H25N3/c1-2-13-26(14-3-1)39-25-37(41-34-22-10-6-17-29(34)30-18-7-11-23-35(30)41)31-19-12-24-36(38(31)39)40-32-20-8-4-15-27(32)28-16-5-9-21-33(28)40/h1-25H. The average molecular weight is 524 g/mol. The molecule has 0 N–H and O–H groups in total. The molecule has 0 spiro atoms. The Morgan fingerprint density at radius 2 is 0.732 bits per heavy atom. The van der Waals surface area contributed by atoms with Crippen LogP contribution < -0.4 is 0 Å². The number of fused-ring (bicyclic) bond motifs is 7. The number of para-hydroxylation sites is 6. The van der Waals surface area contributed by atoms with Crippen LogP contribution in [0.1, 0.15) is 0 Å². The maximum absolute atomic E-state index is 2.43. The Bertz CT molecular complexity index is 2310. The topological polar surface area (TPSA) is 14.8 Å². The smallest absolute Gasteiger partial charge is 0.0792 e. The van der Waals surface area contributed by atoms with Gasteiger partial charge in [0.25, 0.3) is 0 Å².